The first-order valence-corrected chi connectivity index (χ1v) is 8.22. The van der Waals surface area contributed by atoms with Gasteiger partial charge in [0.15, 0.2) is 0 Å². The van der Waals surface area contributed by atoms with Crippen LogP contribution in [0.5, 0.6) is 0 Å². The van der Waals surface area contributed by atoms with E-state index in [9.17, 15) is 5.11 Å². The topological polar surface area (TPSA) is 50.1 Å². The van der Waals surface area contributed by atoms with E-state index in [1.807, 2.05) is 22.9 Å². The highest BCUT2D eigenvalue weighted by molar-refractivity contribution is 5.32. The van der Waals surface area contributed by atoms with Crippen molar-refractivity contribution < 1.29 is 5.11 Å². The number of aryl methyl sites for hydroxylation is 1. The molecule has 1 aliphatic carbocycles. The van der Waals surface area contributed by atoms with Gasteiger partial charge in [-0.05, 0) is 37.8 Å². The Bertz CT molecular complexity index is 594. The van der Waals surface area contributed by atoms with Crippen molar-refractivity contribution in [3.8, 4) is 5.69 Å². The third-order valence-electron chi connectivity index (χ3n) is 4.72. The van der Waals surface area contributed by atoms with E-state index in [2.05, 4.69) is 35.7 Å². The number of aliphatic hydroxyl groups excluding tert-OH is 1. The van der Waals surface area contributed by atoms with Crippen LogP contribution in [0.3, 0.4) is 0 Å². The van der Waals surface area contributed by atoms with Gasteiger partial charge in [-0.15, -0.1) is 0 Å². The SMILES string of the molecule is Cc1nn(-c2ccccc2)cc1CNC1CCCCC1CO. The molecule has 0 aliphatic heterocycles. The summed E-state index contributed by atoms with van der Waals surface area (Å²) in [5.41, 5.74) is 3.38. The zero-order valence-corrected chi connectivity index (χ0v) is 13.2. The van der Waals surface area contributed by atoms with Crippen LogP contribution in [-0.2, 0) is 6.54 Å². The Morgan fingerprint density at radius 1 is 1.23 bits per heavy atom. The highest BCUT2D eigenvalue weighted by atomic mass is 16.3. The summed E-state index contributed by atoms with van der Waals surface area (Å²) in [5, 5.41) is 17.8. The molecule has 1 aromatic heterocycles. The predicted molar refractivity (Wildman–Crippen MR) is 88.0 cm³/mol. The fourth-order valence-electron chi connectivity index (χ4n) is 3.32. The van der Waals surface area contributed by atoms with Crippen LogP contribution in [-0.4, -0.2) is 27.5 Å². The van der Waals surface area contributed by atoms with E-state index in [4.69, 9.17) is 0 Å². The molecule has 0 bridgehead atoms. The Labute approximate surface area is 132 Å². The Kier molecular flexibility index (Phi) is 4.90. The molecule has 1 aliphatic rings. The summed E-state index contributed by atoms with van der Waals surface area (Å²) in [6.45, 7) is 3.17. The minimum atomic E-state index is 0.292. The molecule has 2 aromatic rings. The minimum absolute atomic E-state index is 0.292. The molecule has 1 heterocycles. The van der Waals surface area contributed by atoms with E-state index < -0.39 is 0 Å². The van der Waals surface area contributed by atoms with Crippen LogP contribution in [0.4, 0.5) is 0 Å². The molecule has 22 heavy (non-hydrogen) atoms. The Morgan fingerprint density at radius 2 is 2.00 bits per heavy atom. The molecule has 4 nitrogen and oxygen atoms in total. The van der Waals surface area contributed by atoms with Gasteiger partial charge in [0.25, 0.3) is 0 Å². The number of rotatable bonds is 5. The number of aromatic nitrogens is 2. The number of para-hydroxylation sites is 1. The lowest BCUT2D eigenvalue weighted by atomic mass is 9.85. The highest BCUT2D eigenvalue weighted by Crippen LogP contribution is 2.24. The average Bonchev–Trinajstić information content (AvgIpc) is 2.95. The van der Waals surface area contributed by atoms with Gasteiger partial charge in [-0.2, -0.15) is 5.10 Å². The van der Waals surface area contributed by atoms with E-state index in [1.165, 1.54) is 18.4 Å². The first kappa shape index (κ1) is 15.3. The van der Waals surface area contributed by atoms with Crippen LogP contribution in [0.15, 0.2) is 36.5 Å². The van der Waals surface area contributed by atoms with Crippen molar-refractivity contribution in [2.24, 2.45) is 5.92 Å². The van der Waals surface area contributed by atoms with E-state index in [0.717, 1.165) is 30.8 Å². The van der Waals surface area contributed by atoms with Crippen LogP contribution in [0, 0.1) is 12.8 Å². The van der Waals surface area contributed by atoms with Gasteiger partial charge in [-0.25, -0.2) is 4.68 Å². The van der Waals surface area contributed by atoms with Crippen LogP contribution in [0.25, 0.3) is 5.69 Å². The molecule has 0 amide bonds. The van der Waals surface area contributed by atoms with Crippen molar-refractivity contribution in [1.29, 1.82) is 0 Å². The van der Waals surface area contributed by atoms with Gasteiger partial charge in [-0.1, -0.05) is 31.0 Å². The number of hydrogen-bond donors (Lipinski definition) is 2. The summed E-state index contributed by atoms with van der Waals surface area (Å²) in [6.07, 6.45) is 6.91. The maximum Gasteiger partial charge on any atom is 0.0645 e. The number of nitrogens with one attached hydrogen (secondary N) is 1. The summed E-state index contributed by atoms with van der Waals surface area (Å²) in [6, 6.07) is 10.6. The highest BCUT2D eigenvalue weighted by Gasteiger charge is 2.24. The van der Waals surface area contributed by atoms with Gasteiger partial charge in [0.1, 0.15) is 0 Å². The zero-order chi connectivity index (χ0) is 15.4. The van der Waals surface area contributed by atoms with Gasteiger partial charge >= 0.3 is 0 Å². The van der Waals surface area contributed by atoms with Gasteiger partial charge in [0, 0.05) is 31.0 Å². The van der Waals surface area contributed by atoms with E-state index in [0.29, 0.717) is 18.6 Å². The largest absolute Gasteiger partial charge is 0.396 e. The number of nitrogens with zero attached hydrogens (tertiary/aromatic N) is 2. The molecule has 1 saturated carbocycles. The Hall–Kier alpha value is -1.65. The van der Waals surface area contributed by atoms with Crippen LogP contribution in [0.1, 0.15) is 36.9 Å². The first-order chi connectivity index (χ1) is 10.8. The molecule has 1 aromatic carbocycles. The summed E-state index contributed by atoms with van der Waals surface area (Å²) in [4.78, 5) is 0. The molecule has 118 valence electrons. The second kappa shape index (κ2) is 7.07. The quantitative estimate of drug-likeness (QED) is 0.892. The standard InChI is InChI=1S/C18H25N3O/c1-14-16(11-19-18-10-6-5-7-15(18)13-22)12-21(20-14)17-8-3-2-4-9-17/h2-4,8-9,12,15,18-19,22H,5-7,10-11,13H2,1H3. The molecule has 0 spiro atoms. The van der Waals surface area contributed by atoms with Crippen molar-refractivity contribution in [2.45, 2.75) is 45.2 Å². The smallest absolute Gasteiger partial charge is 0.0645 e. The van der Waals surface area contributed by atoms with E-state index in [-0.39, 0.29) is 0 Å². The zero-order valence-electron chi connectivity index (χ0n) is 13.2. The van der Waals surface area contributed by atoms with Crippen LogP contribution >= 0.6 is 0 Å². The summed E-state index contributed by atoms with van der Waals surface area (Å²) in [5.74, 6) is 0.401. The molecule has 0 saturated heterocycles. The van der Waals surface area contributed by atoms with Gasteiger partial charge in [0.2, 0.25) is 0 Å². The monoisotopic (exact) mass is 299 g/mol. The third-order valence-corrected chi connectivity index (χ3v) is 4.72. The molecule has 2 N–H and O–H groups in total. The molecule has 2 unspecified atom stereocenters. The van der Waals surface area contributed by atoms with Gasteiger partial charge in [0.05, 0.1) is 11.4 Å². The summed E-state index contributed by atoms with van der Waals surface area (Å²) in [7, 11) is 0. The Balaban J connectivity index is 1.67. The molecule has 1 fully saturated rings. The van der Waals surface area contributed by atoms with Crippen molar-refractivity contribution in [3.05, 3.63) is 47.8 Å². The maximum atomic E-state index is 9.51. The number of benzene rings is 1. The molecular formula is C18H25N3O. The minimum Gasteiger partial charge on any atom is -0.396 e. The molecular weight excluding hydrogens is 274 g/mol. The number of aliphatic hydroxyl groups is 1. The van der Waals surface area contributed by atoms with Crippen molar-refractivity contribution >= 4 is 0 Å². The van der Waals surface area contributed by atoms with Gasteiger partial charge in [-0.3, -0.25) is 0 Å². The normalized spacial score (nSPS) is 21.9. The van der Waals surface area contributed by atoms with Crippen LogP contribution < -0.4 is 5.32 Å². The Morgan fingerprint density at radius 3 is 2.77 bits per heavy atom. The van der Waals surface area contributed by atoms with Crippen molar-refractivity contribution in [3.63, 3.8) is 0 Å². The molecule has 2 atom stereocenters. The average molecular weight is 299 g/mol. The van der Waals surface area contributed by atoms with Crippen LogP contribution in [0.2, 0.25) is 0 Å². The lowest BCUT2D eigenvalue weighted by Gasteiger charge is -2.31. The lowest BCUT2D eigenvalue weighted by Crippen LogP contribution is -2.39. The molecule has 3 rings (SSSR count). The summed E-state index contributed by atoms with van der Waals surface area (Å²) >= 11 is 0. The fraction of sp³-hybridized carbons (Fsp3) is 0.500. The first-order valence-electron chi connectivity index (χ1n) is 8.22. The van der Waals surface area contributed by atoms with Crippen molar-refractivity contribution in [2.75, 3.05) is 6.61 Å². The second-order valence-corrected chi connectivity index (χ2v) is 6.23. The number of hydrogen-bond acceptors (Lipinski definition) is 3. The maximum absolute atomic E-state index is 9.51. The van der Waals surface area contributed by atoms with E-state index >= 15 is 0 Å². The third kappa shape index (κ3) is 3.39. The summed E-state index contributed by atoms with van der Waals surface area (Å²) < 4.78 is 1.94. The van der Waals surface area contributed by atoms with Gasteiger partial charge < -0.3 is 10.4 Å². The molecule has 4 heteroatoms. The predicted octanol–water partition coefficient (Wildman–Crippen LogP) is 2.82. The molecule has 0 radical (unpaired) electrons. The second-order valence-electron chi connectivity index (χ2n) is 6.23. The van der Waals surface area contributed by atoms with E-state index in [1.54, 1.807) is 0 Å². The lowest BCUT2D eigenvalue weighted by molar-refractivity contribution is 0.152. The fourth-order valence-corrected chi connectivity index (χ4v) is 3.32. The van der Waals surface area contributed by atoms with Crippen molar-refractivity contribution in [1.82, 2.24) is 15.1 Å².